The fourth-order valence-electron chi connectivity index (χ4n) is 1.30. The fourth-order valence-corrected chi connectivity index (χ4v) is 1.47. The molecule has 0 bridgehead atoms. The summed E-state index contributed by atoms with van der Waals surface area (Å²) in [4.78, 5) is 23.1. The van der Waals surface area contributed by atoms with E-state index in [-0.39, 0.29) is 23.8 Å². The van der Waals surface area contributed by atoms with Crippen LogP contribution in [-0.2, 0) is 9.53 Å². The molecule has 0 aliphatic rings. The summed E-state index contributed by atoms with van der Waals surface area (Å²) < 4.78 is 4.77. The zero-order valence-electron chi connectivity index (χ0n) is 10.4. The molecule has 0 saturated heterocycles. The van der Waals surface area contributed by atoms with Gasteiger partial charge in [0, 0.05) is 18.7 Å². The van der Waals surface area contributed by atoms with E-state index < -0.39 is 5.91 Å². The Hall–Kier alpha value is -1.79. The Morgan fingerprint density at radius 1 is 1.37 bits per heavy atom. The minimum atomic E-state index is -0.568. The number of benzene rings is 1. The zero-order chi connectivity index (χ0) is 14.3. The molecule has 0 spiro atoms. The topological polar surface area (TPSA) is 87.7 Å². The number of halogens is 1. The van der Waals surface area contributed by atoms with Crippen LogP contribution in [0, 0.1) is 0 Å². The van der Waals surface area contributed by atoms with Crippen LogP contribution in [-0.4, -0.2) is 43.7 Å². The maximum absolute atomic E-state index is 11.7. The lowest BCUT2D eigenvalue weighted by molar-refractivity contribution is -0.120. The first kappa shape index (κ1) is 15.3. The van der Waals surface area contributed by atoms with E-state index in [9.17, 15) is 14.7 Å². The van der Waals surface area contributed by atoms with Gasteiger partial charge in [0.2, 0.25) is 5.91 Å². The lowest BCUT2D eigenvalue weighted by Crippen LogP contribution is -2.38. The van der Waals surface area contributed by atoms with E-state index in [1.165, 1.54) is 25.3 Å². The number of hydrogen-bond donors (Lipinski definition) is 3. The van der Waals surface area contributed by atoms with Gasteiger partial charge < -0.3 is 20.5 Å². The third kappa shape index (κ3) is 5.15. The summed E-state index contributed by atoms with van der Waals surface area (Å²) in [5, 5.41) is 14.8. The number of aromatic hydroxyl groups is 1. The second-order valence-electron chi connectivity index (χ2n) is 3.69. The van der Waals surface area contributed by atoms with Crippen LogP contribution in [0.25, 0.3) is 0 Å². The van der Waals surface area contributed by atoms with Crippen molar-refractivity contribution in [1.82, 2.24) is 10.6 Å². The third-order valence-corrected chi connectivity index (χ3v) is 2.48. The lowest BCUT2D eigenvalue weighted by atomic mass is 10.2. The van der Waals surface area contributed by atoms with Crippen molar-refractivity contribution in [1.29, 1.82) is 0 Å². The molecule has 2 amide bonds. The van der Waals surface area contributed by atoms with E-state index in [4.69, 9.17) is 16.3 Å². The van der Waals surface area contributed by atoms with Crippen LogP contribution in [0.3, 0.4) is 0 Å². The summed E-state index contributed by atoms with van der Waals surface area (Å²) in [6, 6.07) is 4.11. The monoisotopic (exact) mass is 286 g/mol. The summed E-state index contributed by atoms with van der Waals surface area (Å²) in [6.45, 7) is 0.580. The molecule has 104 valence electrons. The molecule has 0 fully saturated rings. The van der Waals surface area contributed by atoms with Gasteiger partial charge >= 0.3 is 0 Å². The first-order chi connectivity index (χ1) is 9.04. The minimum absolute atomic E-state index is 0.0252. The van der Waals surface area contributed by atoms with Gasteiger partial charge in [0.1, 0.15) is 5.75 Å². The first-order valence-electron chi connectivity index (χ1n) is 5.57. The van der Waals surface area contributed by atoms with Gasteiger partial charge in [0.25, 0.3) is 5.91 Å². The van der Waals surface area contributed by atoms with Crippen molar-refractivity contribution in [3.63, 3.8) is 0 Å². The molecule has 0 heterocycles. The normalized spacial score (nSPS) is 10.0. The van der Waals surface area contributed by atoms with Crippen LogP contribution in [0.1, 0.15) is 10.4 Å². The Kier molecular flexibility index (Phi) is 6.11. The predicted molar refractivity (Wildman–Crippen MR) is 70.3 cm³/mol. The van der Waals surface area contributed by atoms with E-state index in [0.717, 1.165) is 0 Å². The molecule has 6 nitrogen and oxygen atoms in total. The Morgan fingerprint density at radius 3 is 2.79 bits per heavy atom. The molecule has 0 aliphatic heterocycles. The standard InChI is InChI=1S/C12H15ClN2O4/c1-19-5-4-14-11(17)7-15-12(18)9-6-8(13)2-3-10(9)16/h2-3,6,16H,4-5,7H2,1H3,(H,14,17)(H,15,18). The maximum atomic E-state index is 11.7. The molecule has 0 aliphatic carbocycles. The second-order valence-corrected chi connectivity index (χ2v) is 4.12. The summed E-state index contributed by atoms with van der Waals surface area (Å²) in [6.07, 6.45) is 0. The highest BCUT2D eigenvalue weighted by Gasteiger charge is 2.12. The number of phenolic OH excluding ortho intramolecular Hbond substituents is 1. The Morgan fingerprint density at radius 2 is 2.11 bits per heavy atom. The van der Waals surface area contributed by atoms with Crippen molar-refractivity contribution in [2.24, 2.45) is 0 Å². The number of carbonyl (C=O) groups is 2. The maximum Gasteiger partial charge on any atom is 0.255 e. The van der Waals surface area contributed by atoms with Crippen molar-refractivity contribution in [2.75, 3.05) is 26.8 Å². The molecule has 0 aromatic heterocycles. The smallest absolute Gasteiger partial charge is 0.255 e. The van der Waals surface area contributed by atoms with Gasteiger partial charge in [-0.05, 0) is 18.2 Å². The molecule has 1 aromatic rings. The van der Waals surface area contributed by atoms with Crippen LogP contribution >= 0.6 is 11.6 Å². The molecule has 19 heavy (non-hydrogen) atoms. The van der Waals surface area contributed by atoms with Crippen molar-refractivity contribution in [2.45, 2.75) is 0 Å². The predicted octanol–water partition coefficient (Wildman–Crippen LogP) is 0.538. The first-order valence-corrected chi connectivity index (χ1v) is 5.94. The molecule has 3 N–H and O–H groups in total. The molecular formula is C12H15ClN2O4. The SMILES string of the molecule is COCCNC(=O)CNC(=O)c1cc(Cl)ccc1O. The van der Waals surface area contributed by atoms with E-state index in [0.29, 0.717) is 18.2 Å². The molecule has 1 rings (SSSR count). The van der Waals surface area contributed by atoms with Gasteiger partial charge in [0.05, 0.1) is 18.7 Å². The van der Waals surface area contributed by atoms with Crippen LogP contribution in [0.5, 0.6) is 5.75 Å². The van der Waals surface area contributed by atoms with Crippen molar-refractivity contribution >= 4 is 23.4 Å². The van der Waals surface area contributed by atoms with E-state index in [2.05, 4.69) is 10.6 Å². The number of methoxy groups -OCH3 is 1. The van der Waals surface area contributed by atoms with Crippen LogP contribution in [0.4, 0.5) is 0 Å². The molecular weight excluding hydrogens is 272 g/mol. The lowest BCUT2D eigenvalue weighted by Gasteiger charge is -2.08. The summed E-state index contributed by atoms with van der Waals surface area (Å²) in [7, 11) is 1.52. The number of ether oxygens (including phenoxy) is 1. The third-order valence-electron chi connectivity index (χ3n) is 2.24. The van der Waals surface area contributed by atoms with Gasteiger partial charge in [-0.25, -0.2) is 0 Å². The minimum Gasteiger partial charge on any atom is -0.507 e. The molecule has 0 unspecified atom stereocenters. The fraction of sp³-hybridized carbons (Fsp3) is 0.333. The quantitative estimate of drug-likeness (QED) is 0.666. The second kappa shape index (κ2) is 7.60. The number of carbonyl (C=O) groups excluding carboxylic acids is 2. The van der Waals surface area contributed by atoms with Crippen molar-refractivity contribution in [3.05, 3.63) is 28.8 Å². The molecule has 0 radical (unpaired) electrons. The van der Waals surface area contributed by atoms with Crippen LogP contribution in [0.15, 0.2) is 18.2 Å². The van der Waals surface area contributed by atoms with E-state index >= 15 is 0 Å². The number of nitrogens with one attached hydrogen (secondary N) is 2. The van der Waals surface area contributed by atoms with Crippen LogP contribution < -0.4 is 10.6 Å². The molecule has 7 heteroatoms. The number of hydrogen-bond acceptors (Lipinski definition) is 4. The Bertz CT molecular complexity index is 465. The summed E-state index contributed by atoms with van der Waals surface area (Å²) in [5.41, 5.74) is 0.0252. The molecule has 0 atom stereocenters. The highest BCUT2D eigenvalue weighted by molar-refractivity contribution is 6.31. The molecule has 1 aromatic carbocycles. The summed E-state index contributed by atoms with van der Waals surface area (Å²) >= 11 is 5.72. The van der Waals surface area contributed by atoms with Gasteiger partial charge in [-0.1, -0.05) is 11.6 Å². The van der Waals surface area contributed by atoms with Gasteiger partial charge in [-0.3, -0.25) is 9.59 Å². The number of amides is 2. The van der Waals surface area contributed by atoms with Gasteiger partial charge in [0.15, 0.2) is 0 Å². The number of phenols is 1. The van der Waals surface area contributed by atoms with Crippen molar-refractivity contribution in [3.8, 4) is 5.75 Å². The molecule has 0 saturated carbocycles. The largest absolute Gasteiger partial charge is 0.507 e. The van der Waals surface area contributed by atoms with Gasteiger partial charge in [-0.2, -0.15) is 0 Å². The van der Waals surface area contributed by atoms with Gasteiger partial charge in [-0.15, -0.1) is 0 Å². The average molecular weight is 287 g/mol. The Labute approximate surface area is 115 Å². The highest BCUT2D eigenvalue weighted by Crippen LogP contribution is 2.20. The van der Waals surface area contributed by atoms with Crippen molar-refractivity contribution < 1.29 is 19.4 Å². The Balaban J connectivity index is 2.47. The average Bonchev–Trinajstić information content (AvgIpc) is 2.39. The number of rotatable bonds is 6. The van der Waals surface area contributed by atoms with Crippen LogP contribution in [0.2, 0.25) is 5.02 Å². The van der Waals surface area contributed by atoms with E-state index in [1.807, 2.05) is 0 Å². The highest BCUT2D eigenvalue weighted by atomic mass is 35.5. The zero-order valence-corrected chi connectivity index (χ0v) is 11.2. The van der Waals surface area contributed by atoms with E-state index in [1.54, 1.807) is 0 Å². The summed E-state index contributed by atoms with van der Waals surface area (Å²) in [5.74, 6) is -1.10.